The van der Waals surface area contributed by atoms with Crippen LogP contribution in [0.5, 0.6) is 0 Å². The van der Waals surface area contributed by atoms with E-state index in [1.807, 2.05) is 56.3 Å². The van der Waals surface area contributed by atoms with Crippen molar-refractivity contribution in [2.45, 2.75) is 33.9 Å². The lowest BCUT2D eigenvalue weighted by atomic mass is 9.97. The number of benzene rings is 3. The summed E-state index contributed by atoms with van der Waals surface area (Å²) in [6.45, 7) is 6.49. The summed E-state index contributed by atoms with van der Waals surface area (Å²) in [5, 5.41) is 2.80. The molecule has 0 aliphatic rings. The molecule has 3 aromatic carbocycles. The molecule has 3 rings (SSSR count). The van der Waals surface area contributed by atoms with Crippen molar-refractivity contribution in [3.63, 3.8) is 0 Å². The fourth-order valence-corrected chi connectivity index (χ4v) is 3.48. The van der Waals surface area contributed by atoms with Crippen LogP contribution < -0.4 is 10.8 Å². The summed E-state index contributed by atoms with van der Waals surface area (Å²) in [4.78, 5) is 28.6. The van der Waals surface area contributed by atoms with E-state index >= 15 is 0 Å². The molecule has 0 aliphatic carbocycles. The first-order valence-electron chi connectivity index (χ1n) is 9.97. The van der Waals surface area contributed by atoms with Gasteiger partial charge in [0.05, 0.1) is 12.1 Å². The van der Waals surface area contributed by atoms with E-state index in [-0.39, 0.29) is 5.91 Å². The molecule has 0 aromatic heterocycles. The number of aryl methyl sites for hydroxylation is 2. The van der Waals surface area contributed by atoms with Gasteiger partial charge < -0.3 is 10.2 Å². The SMILES string of the molecule is CC(=O)NCc1ccc(-c2ccc(C(=O)ONCc3ccc(Br)c(C)c3)cc2)c(C)c1. The lowest BCUT2D eigenvalue weighted by Gasteiger charge is -2.11. The Morgan fingerprint density at radius 2 is 1.52 bits per heavy atom. The van der Waals surface area contributed by atoms with Gasteiger partial charge in [-0.15, -0.1) is 5.48 Å². The van der Waals surface area contributed by atoms with Crippen molar-refractivity contribution >= 4 is 27.8 Å². The van der Waals surface area contributed by atoms with Crippen molar-refractivity contribution in [2.24, 2.45) is 0 Å². The topological polar surface area (TPSA) is 67.4 Å². The van der Waals surface area contributed by atoms with Gasteiger partial charge in [-0.2, -0.15) is 0 Å². The van der Waals surface area contributed by atoms with Crippen molar-refractivity contribution in [1.29, 1.82) is 0 Å². The van der Waals surface area contributed by atoms with Gasteiger partial charge in [0.25, 0.3) is 0 Å². The van der Waals surface area contributed by atoms with Crippen LogP contribution in [0.3, 0.4) is 0 Å². The van der Waals surface area contributed by atoms with Crippen molar-refractivity contribution in [2.75, 3.05) is 0 Å². The number of nitrogens with one attached hydrogen (secondary N) is 2. The molecule has 6 heteroatoms. The number of amides is 1. The molecule has 0 spiro atoms. The van der Waals surface area contributed by atoms with Gasteiger partial charge in [0.15, 0.2) is 0 Å². The maximum Gasteiger partial charge on any atom is 0.356 e. The molecule has 31 heavy (non-hydrogen) atoms. The minimum atomic E-state index is -0.428. The van der Waals surface area contributed by atoms with Gasteiger partial charge in [0.1, 0.15) is 0 Å². The molecule has 0 saturated carbocycles. The fraction of sp³-hybridized carbons (Fsp3) is 0.200. The Balaban J connectivity index is 1.59. The van der Waals surface area contributed by atoms with Gasteiger partial charge in [0, 0.05) is 17.9 Å². The van der Waals surface area contributed by atoms with Crippen LogP contribution in [-0.4, -0.2) is 11.9 Å². The van der Waals surface area contributed by atoms with Crippen LogP contribution >= 0.6 is 15.9 Å². The molecule has 0 fully saturated rings. The maximum absolute atomic E-state index is 12.3. The Bertz CT molecular complexity index is 1090. The molecule has 0 bridgehead atoms. The summed E-state index contributed by atoms with van der Waals surface area (Å²) in [5.74, 6) is -0.478. The van der Waals surface area contributed by atoms with Gasteiger partial charge in [-0.05, 0) is 65.4 Å². The zero-order chi connectivity index (χ0) is 22.4. The second-order valence-electron chi connectivity index (χ2n) is 7.43. The lowest BCUT2D eigenvalue weighted by Crippen LogP contribution is -2.19. The first kappa shape index (κ1) is 22.7. The predicted molar refractivity (Wildman–Crippen MR) is 125 cm³/mol. The molecule has 1 amide bonds. The summed E-state index contributed by atoms with van der Waals surface area (Å²) < 4.78 is 1.05. The highest BCUT2D eigenvalue weighted by Gasteiger charge is 2.09. The Hall–Kier alpha value is -2.96. The van der Waals surface area contributed by atoms with Gasteiger partial charge in [0.2, 0.25) is 5.91 Å². The molecule has 0 unspecified atom stereocenters. The van der Waals surface area contributed by atoms with Crippen molar-refractivity contribution < 1.29 is 14.4 Å². The number of carbonyl (C=O) groups is 2. The summed E-state index contributed by atoms with van der Waals surface area (Å²) >= 11 is 3.47. The minimum absolute atomic E-state index is 0.0503. The third-order valence-corrected chi connectivity index (χ3v) is 5.82. The second-order valence-corrected chi connectivity index (χ2v) is 8.28. The molecule has 0 saturated heterocycles. The summed E-state index contributed by atoms with van der Waals surface area (Å²) in [5.41, 5.74) is 9.60. The Labute approximate surface area is 190 Å². The highest BCUT2D eigenvalue weighted by Crippen LogP contribution is 2.25. The van der Waals surface area contributed by atoms with Crippen LogP contribution in [0, 0.1) is 13.8 Å². The van der Waals surface area contributed by atoms with E-state index in [2.05, 4.69) is 32.8 Å². The van der Waals surface area contributed by atoms with E-state index in [1.54, 1.807) is 12.1 Å². The first-order chi connectivity index (χ1) is 14.8. The van der Waals surface area contributed by atoms with Gasteiger partial charge >= 0.3 is 5.97 Å². The Morgan fingerprint density at radius 1 is 0.871 bits per heavy atom. The fourth-order valence-electron chi connectivity index (χ4n) is 3.23. The summed E-state index contributed by atoms with van der Waals surface area (Å²) in [6.07, 6.45) is 0. The molecule has 2 N–H and O–H groups in total. The number of hydrogen-bond acceptors (Lipinski definition) is 4. The van der Waals surface area contributed by atoms with Gasteiger partial charge in [-0.3, -0.25) is 4.79 Å². The zero-order valence-corrected chi connectivity index (χ0v) is 19.4. The number of hydroxylamine groups is 1. The summed E-state index contributed by atoms with van der Waals surface area (Å²) in [7, 11) is 0. The molecule has 0 heterocycles. The number of carbonyl (C=O) groups excluding carboxylic acids is 2. The molecule has 0 radical (unpaired) electrons. The van der Waals surface area contributed by atoms with Crippen LogP contribution in [0.4, 0.5) is 0 Å². The van der Waals surface area contributed by atoms with Crippen LogP contribution in [0.2, 0.25) is 0 Å². The van der Waals surface area contributed by atoms with Crippen LogP contribution in [-0.2, 0) is 22.7 Å². The highest BCUT2D eigenvalue weighted by molar-refractivity contribution is 9.10. The maximum atomic E-state index is 12.3. The van der Waals surface area contributed by atoms with E-state index in [4.69, 9.17) is 4.84 Å². The van der Waals surface area contributed by atoms with Gasteiger partial charge in [-0.25, -0.2) is 4.79 Å². The van der Waals surface area contributed by atoms with Crippen LogP contribution in [0.1, 0.15) is 39.5 Å². The van der Waals surface area contributed by atoms with Crippen molar-refractivity contribution in [3.8, 4) is 11.1 Å². The minimum Gasteiger partial charge on any atom is -0.366 e. The third-order valence-electron chi connectivity index (χ3n) is 4.93. The van der Waals surface area contributed by atoms with E-state index in [0.717, 1.165) is 37.9 Å². The van der Waals surface area contributed by atoms with Crippen molar-refractivity contribution in [1.82, 2.24) is 10.8 Å². The predicted octanol–water partition coefficient (Wildman–Crippen LogP) is 5.23. The molecule has 3 aromatic rings. The largest absolute Gasteiger partial charge is 0.366 e. The molecule has 0 aliphatic heterocycles. The van der Waals surface area contributed by atoms with E-state index in [1.165, 1.54) is 6.92 Å². The van der Waals surface area contributed by atoms with Crippen LogP contribution in [0.25, 0.3) is 11.1 Å². The first-order valence-corrected chi connectivity index (χ1v) is 10.8. The highest BCUT2D eigenvalue weighted by atomic mass is 79.9. The molecule has 5 nitrogen and oxygen atoms in total. The number of hydrogen-bond donors (Lipinski definition) is 2. The molecule has 0 atom stereocenters. The van der Waals surface area contributed by atoms with E-state index in [0.29, 0.717) is 18.7 Å². The molecular formula is C25H25BrN2O3. The van der Waals surface area contributed by atoms with Gasteiger partial charge in [-0.1, -0.05) is 58.4 Å². The average Bonchev–Trinajstić information content (AvgIpc) is 2.75. The average molecular weight is 481 g/mol. The van der Waals surface area contributed by atoms with E-state index < -0.39 is 5.97 Å². The monoisotopic (exact) mass is 480 g/mol. The quantitative estimate of drug-likeness (QED) is 0.454. The zero-order valence-electron chi connectivity index (χ0n) is 17.8. The van der Waals surface area contributed by atoms with E-state index in [9.17, 15) is 9.59 Å². The number of rotatable bonds is 7. The third kappa shape index (κ3) is 6.26. The van der Waals surface area contributed by atoms with Crippen molar-refractivity contribution in [3.05, 3.63) is 93.0 Å². The smallest absolute Gasteiger partial charge is 0.356 e. The summed E-state index contributed by atoms with van der Waals surface area (Å²) in [6, 6.07) is 19.4. The Kier molecular flexibility index (Phi) is 7.60. The molecular weight excluding hydrogens is 456 g/mol. The standard InChI is InChI=1S/C25H25BrN2O3/c1-16-12-19(14-27-18(3)29)4-10-23(16)21-6-8-22(9-7-21)25(30)31-28-15-20-5-11-24(26)17(2)13-20/h4-13,28H,14-15H2,1-3H3,(H,27,29). The molecule has 160 valence electrons. The normalized spacial score (nSPS) is 10.6. The second kappa shape index (κ2) is 10.4. The number of halogens is 1. The van der Waals surface area contributed by atoms with Crippen LogP contribution in [0.15, 0.2) is 65.1 Å². The Morgan fingerprint density at radius 3 is 2.16 bits per heavy atom. The lowest BCUT2D eigenvalue weighted by molar-refractivity contribution is -0.119.